The maximum atomic E-state index is 11.9. The van der Waals surface area contributed by atoms with Gasteiger partial charge < -0.3 is 16.2 Å². The van der Waals surface area contributed by atoms with Gasteiger partial charge in [-0.25, -0.2) is 0 Å². The lowest BCUT2D eigenvalue weighted by atomic mass is 9.76. The third kappa shape index (κ3) is 3.19. The first-order chi connectivity index (χ1) is 7.29. The Morgan fingerprint density at radius 3 is 2.69 bits per heavy atom. The molecule has 0 bridgehead atoms. The molecule has 0 aromatic heterocycles. The van der Waals surface area contributed by atoms with Crippen LogP contribution in [0.4, 0.5) is 0 Å². The minimum Gasteiger partial charge on any atom is -0.394 e. The lowest BCUT2D eigenvalue weighted by Gasteiger charge is -2.40. The highest BCUT2D eigenvalue weighted by atomic mass is 16.3. The van der Waals surface area contributed by atoms with Crippen LogP contribution in [0.5, 0.6) is 0 Å². The number of carbonyl (C=O) groups excluding carboxylic acids is 1. The van der Waals surface area contributed by atoms with Crippen LogP contribution >= 0.6 is 0 Å². The van der Waals surface area contributed by atoms with Gasteiger partial charge in [-0.3, -0.25) is 4.79 Å². The molecule has 0 saturated heterocycles. The molecule has 4 heteroatoms. The van der Waals surface area contributed by atoms with E-state index in [0.29, 0.717) is 5.92 Å². The van der Waals surface area contributed by atoms with Crippen molar-refractivity contribution in [1.29, 1.82) is 0 Å². The summed E-state index contributed by atoms with van der Waals surface area (Å²) in [6, 6.07) is 0. The Morgan fingerprint density at radius 1 is 1.62 bits per heavy atom. The van der Waals surface area contributed by atoms with E-state index in [0.717, 1.165) is 19.3 Å². The molecular weight excluding hydrogens is 204 g/mol. The summed E-state index contributed by atoms with van der Waals surface area (Å²) in [6.45, 7) is 5.52. The molecule has 2 atom stereocenters. The van der Waals surface area contributed by atoms with E-state index in [4.69, 9.17) is 5.73 Å². The number of aliphatic hydroxyl groups is 1. The minimum atomic E-state index is -0.886. The molecule has 1 fully saturated rings. The summed E-state index contributed by atoms with van der Waals surface area (Å²) >= 11 is 0. The number of amides is 1. The Bertz CT molecular complexity index is 260. The first-order valence-electron chi connectivity index (χ1n) is 6.01. The fourth-order valence-corrected chi connectivity index (χ4v) is 2.36. The third-order valence-corrected chi connectivity index (χ3v) is 3.36. The molecule has 16 heavy (non-hydrogen) atoms. The SMILES string of the molecule is CC1CCCC(CO)(NC(=O)C(C)(C)N)C1. The number of hydrogen-bond acceptors (Lipinski definition) is 3. The number of aliphatic hydroxyl groups excluding tert-OH is 1. The van der Waals surface area contributed by atoms with Crippen molar-refractivity contribution in [3.8, 4) is 0 Å². The summed E-state index contributed by atoms with van der Waals surface area (Å²) < 4.78 is 0. The van der Waals surface area contributed by atoms with Crippen molar-refractivity contribution in [3.05, 3.63) is 0 Å². The first kappa shape index (κ1) is 13.5. The average molecular weight is 228 g/mol. The van der Waals surface area contributed by atoms with Crippen LogP contribution in [-0.4, -0.2) is 28.7 Å². The van der Waals surface area contributed by atoms with Gasteiger partial charge in [-0.05, 0) is 32.6 Å². The van der Waals surface area contributed by atoms with Crippen molar-refractivity contribution in [2.24, 2.45) is 11.7 Å². The topological polar surface area (TPSA) is 75.3 Å². The van der Waals surface area contributed by atoms with Gasteiger partial charge in [-0.2, -0.15) is 0 Å². The van der Waals surface area contributed by atoms with Crippen LogP contribution in [-0.2, 0) is 4.79 Å². The van der Waals surface area contributed by atoms with Gasteiger partial charge in [0.2, 0.25) is 5.91 Å². The normalized spacial score (nSPS) is 31.2. The maximum absolute atomic E-state index is 11.9. The summed E-state index contributed by atoms with van der Waals surface area (Å²) in [5, 5.41) is 12.5. The molecule has 1 saturated carbocycles. The number of hydrogen-bond donors (Lipinski definition) is 3. The van der Waals surface area contributed by atoms with Gasteiger partial charge in [0, 0.05) is 0 Å². The van der Waals surface area contributed by atoms with Crippen LogP contribution < -0.4 is 11.1 Å². The van der Waals surface area contributed by atoms with Gasteiger partial charge in [0.15, 0.2) is 0 Å². The number of nitrogens with one attached hydrogen (secondary N) is 1. The van der Waals surface area contributed by atoms with Crippen LogP contribution in [0.25, 0.3) is 0 Å². The Kier molecular flexibility index (Phi) is 3.97. The van der Waals surface area contributed by atoms with Crippen molar-refractivity contribution < 1.29 is 9.90 Å². The molecule has 4 nitrogen and oxygen atoms in total. The van der Waals surface area contributed by atoms with Crippen LogP contribution in [0.2, 0.25) is 0 Å². The average Bonchev–Trinajstić information content (AvgIpc) is 2.16. The monoisotopic (exact) mass is 228 g/mol. The first-order valence-corrected chi connectivity index (χ1v) is 6.01. The van der Waals surface area contributed by atoms with Gasteiger partial charge in [-0.1, -0.05) is 19.8 Å². The van der Waals surface area contributed by atoms with Gasteiger partial charge in [0.05, 0.1) is 17.7 Å². The maximum Gasteiger partial charge on any atom is 0.240 e. The van der Waals surface area contributed by atoms with Crippen molar-refractivity contribution in [3.63, 3.8) is 0 Å². The summed E-state index contributed by atoms with van der Waals surface area (Å²) in [5.74, 6) is 0.359. The molecule has 2 unspecified atom stereocenters. The Labute approximate surface area is 97.6 Å². The van der Waals surface area contributed by atoms with Crippen molar-refractivity contribution >= 4 is 5.91 Å². The van der Waals surface area contributed by atoms with Crippen LogP contribution in [0.15, 0.2) is 0 Å². The van der Waals surface area contributed by atoms with Crippen molar-refractivity contribution in [2.75, 3.05) is 6.61 Å². The Morgan fingerprint density at radius 2 is 2.25 bits per heavy atom. The minimum absolute atomic E-state index is 0.000833. The van der Waals surface area contributed by atoms with E-state index in [-0.39, 0.29) is 12.5 Å². The molecule has 4 N–H and O–H groups in total. The molecule has 1 aliphatic carbocycles. The molecular formula is C12H24N2O2. The fourth-order valence-electron chi connectivity index (χ4n) is 2.36. The molecule has 0 aliphatic heterocycles. The highest BCUT2D eigenvalue weighted by Gasteiger charge is 2.38. The Balaban J connectivity index is 2.70. The molecule has 0 radical (unpaired) electrons. The van der Waals surface area contributed by atoms with Crippen molar-refractivity contribution in [1.82, 2.24) is 5.32 Å². The van der Waals surface area contributed by atoms with E-state index >= 15 is 0 Å². The van der Waals surface area contributed by atoms with E-state index in [9.17, 15) is 9.90 Å². The molecule has 1 rings (SSSR count). The second-order valence-corrected chi connectivity index (χ2v) is 5.82. The molecule has 1 aliphatic rings. The summed E-state index contributed by atoms with van der Waals surface area (Å²) in [5.41, 5.74) is 4.41. The van der Waals surface area contributed by atoms with E-state index in [1.807, 2.05) is 0 Å². The zero-order chi connectivity index (χ0) is 12.4. The molecule has 1 amide bonds. The highest BCUT2D eigenvalue weighted by Crippen LogP contribution is 2.32. The Hall–Kier alpha value is -0.610. The second-order valence-electron chi connectivity index (χ2n) is 5.82. The largest absolute Gasteiger partial charge is 0.394 e. The zero-order valence-corrected chi connectivity index (χ0v) is 10.5. The standard InChI is InChI=1S/C12H24N2O2/c1-9-5-4-6-12(7-9,8-15)14-10(16)11(2,3)13/h9,15H,4-8,13H2,1-3H3,(H,14,16). The zero-order valence-electron chi connectivity index (χ0n) is 10.5. The lowest BCUT2D eigenvalue weighted by molar-refractivity contribution is -0.128. The van der Waals surface area contributed by atoms with Crippen LogP contribution in [0, 0.1) is 5.92 Å². The van der Waals surface area contributed by atoms with Crippen LogP contribution in [0.3, 0.4) is 0 Å². The van der Waals surface area contributed by atoms with Crippen molar-refractivity contribution in [2.45, 2.75) is 57.5 Å². The molecule has 0 aromatic carbocycles. The molecule has 94 valence electrons. The lowest BCUT2D eigenvalue weighted by Crippen LogP contribution is -2.60. The summed E-state index contributed by atoms with van der Waals surface area (Å²) in [7, 11) is 0. The van der Waals surface area contributed by atoms with E-state index in [1.165, 1.54) is 6.42 Å². The van der Waals surface area contributed by atoms with E-state index < -0.39 is 11.1 Å². The predicted molar refractivity (Wildman–Crippen MR) is 63.9 cm³/mol. The number of nitrogens with two attached hydrogens (primary N) is 1. The molecule has 0 aromatic rings. The summed E-state index contributed by atoms with van der Waals surface area (Å²) in [4.78, 5) is 11.9. The van der Waals surface area contributed by atoms with Gasteiger partial charge >= 0.3 is 0 Å². The highest BCUT2D eigenvalue weighted by molar-refractivity contribution is 5.85. The molecule has 0 spiro atoms. The second kappa shape index (κ2) is 4.72. The number of rotatable bonds is 3. The van der Waals surface area contributed by atoms with Gasteiger partial charge in [0.1, 0.15) is 0 Å². The molecule has 0 heterocycles. The van der Waals surface area contributed by atoms with E-state index in [1.54, 1.807) is 13.8 Å². The smallest absolute Gasteiger partial charge is 0.240 e. The predicted octanol–water partition coefficient (Wildman–Crippen LogP) is 0.781. The fraction of sp³-hybridized carbons (Fsp3) is 0.917. The third-order valence-electron chi connectivity index (χ3n) is 3.36. The van der Waals surface area contributed by atoms with Gasteiger partial charge in [-0.15, -0.1) is 0 Å². The van der Waals surface area contributed by atoms with Crippen LogP contribution in [0.1, 0.15) is 46.5 Å². The van der Waals surface area contributed by atoms with E-state index in [2.05, 4.69) is 12.2 Å². The quantitative estimate of drug-likeness (QED) is 0.668. The summed E-state index contributed by atoms with van der Waals surface area (Å²) in [6.07, 6.45) is 3.90. The number of carbonyl (C=O) groups is 1. The van der Waals surface area contributed by atoms with Gasteiger partial charge in [0.25, 0.3) is 0 Å².